The highest BCUT2D eigenvalue weighted by Gasteiger charge is 2.33. The van der Waals surface area contributed by atoms with Gasteiger partial charge < -0.3 is 19.9 Å². The van der Waals surface area contributed by atoms with Crippen molar-refractivity contribution in [3.05, 3.63) is 36.4 Å². The van der Waals surface area contributed by atoms with E-state index < -0.39 is 18.1 Å². The summed E-state index contributed by atoms with van der Waals surface area (Å²) in [5.41, 5.74) is 1.10. The van der Waals surface area contributed by atoms with Crippen LogP contribution in [0.2, 0.25) is 0 Å². The number of benzene rings is 1. The molecule has 2 aliphatic rings. The van der Waals surface area contributed by atoms with E-state index in [4.69, 9.17) is 16.3 Å². The Morgan fingerprint density at radius 3 is 2.53 bits per heavy atom. The smallest absolute Gasteiger partial charge is 0.416 e. The highest BCUT2D eigenvalue weighted by molar-refractivity contribution is 6.27. The molecule has 0 radical (unpaired) electrons. The third kappa shape index (κ3) is 5.04. The maximum atomic E-state index is 14.9. The number of ether oxygens (including phenoxy) is 1. The van der Waals surface area contributed by atoms with Gasteiger partial charge in [0.05, 0.1) is 12.2 Å². The first-order chi connectivity index (χ1) is 16.4. The molecular weight excluding hydrogens is 467 g/mol. The summed E-state index contributed by atoms with van der Waals surface area (Å²) >= 11 is 5.61. The number of rotatable bonds is 6. The molecule has 1 N–H and O–H groups in total. The minimum absolute atomic E-state index is 0.0372. The normalized spacial score (nSPS) is 18.1. The maximum Gasteiger partial charge on any atom is 0.416 e. The van der Waals surface area contributed by atoms with E-state index >= 15 is 0 Å². The number of cyclic esters (lactones) is 1. The number of alkyl halides is 1. The van der Waals surface area contributed by atoms with Crippen LogP contribution in [0.25, 0.3) is 11.1 Å². The van der Waals surface area contributed by atoms with Crippen LogP contribution in [0.1, 0.15) is 13.3 Å². The summed E-state index contributed by atoms with van der Waals surface area (Å²) in [5, 5.41) is 2.59. The summed E-state index contributed by atoms with van der Waals surface area (Å²) in [6.45, 7) is 4.02. The highest BCUT2D eigenvalue weighted by atomic mass is 35.5. The van der Waals surface area contributed by atoms with Gasteiger partial charge in [0.2, 0.25) is 17.8 Å². The van der Waals surface area contributed by atoms with Crippen molar-refractivity contribution in [2.45, 2.75) is 19.6 Å². The number of anilines is 2. The average Bonchev–Trinajstić information content (AvgIpc) is 3.23. The lowest BCUT2D eigenvalue weighted by molar-refractivity contribution is -0.128. The molecule has 0 aliphatic carbocycles. The zero-order valence-electron chi connectivity index (χ0n) is 18.5. The zero-order chi connectivity index (χ0) is 24.2. The van der Waals surface area contributed by atoms with E-state index in [1.807, 2.05) is 4.90 Å². The summed E-state index contributed by atoms with van der Waals surface area (Å²) < 4.78 is 20.1. The van der Waals surface area contributed by atoms with Gasteiger partial charge >= 0.3 is 6.09 Å². The number of halogens is 2. The molecule has 1 aromatic carbocycles. The molecule has 2 aliphatic heterocycles. The first-order valence-electron chi connectivity index (χ1n) is 10.9. The lowest BCUT2D eigenvalue weighted by Gasteiger charge is -2.34. The number of nitrogens with zero attached hydrogens (tertiary/aromatic N) is 5. The van der Waals surface area contributed by atoms with Gasteiger partial charge in [-0.2, -0.15) is 0 Å². The fraction of sp³-hybridized carbons (Fsp3) is 0.409. The quantitative estimate of drug-likeness (QED) is 0.617. The van der Waals surface area contributed by atoms with Gasteiger partial charge in [-0.3, -0.25) is 14.5 Å². The molecule has 4 rings (SSSR count). The van der Waals surface area contributed by atoms with E-state index in [0.717, 1.165) is 0 Å². The Hall–Kier alpha value is -3.47. The van der Waals surface area contributed by atoms with Crippen molar-refractivity contribution in [1.29, 1.82) is 0 Å². The number of hydrogen-bond donors (Lipinski definition) is 1. The third-order valence-electron chi connectivity index (χ3n) is 5.70. The second-order valence-corrected chi connectivity index (χ2v) is 8.11. The Balaban J connectivity index is 1.42. The molecule has 3 amide bonds. The molecule has 2 saturated heterocycles. The molecule has 0 saturated carbocycles. The molecule has 1 atom stereocenters. The number of carbonyl (C=O) groups is 3. The molecule has 3 heterocycles. The Bertz CT molecular complexity index is 1080. The van der Waals surface area contributed by atoms with Gasteiger partial charge in [-0.1, -0.05) is 6.92 Å². The van der Waals surface area contributed by atoms with Crippen molar-refractivity contribution in [1.82, 2.24) is 20.2 Å². The molecule has 12 heteroatoms. The van der Waals surface area contributed by atoms with E-state index in [1.54, 1.807) is 24.0 Å². The second kappa shape index (κ2) is 10.2. The van der Waals surface area contributed by atoms with Gasteiger partial charge in [-0.15, -0.1) is 11.6 Å². The van der Waals surface area contributed by atoms with E-state index in [0.29, 0.717) is 43.4 Å². The molecule has 2 fully saturated rings. The zero-order valence-corrected chi connectivity index (χ0v) is 19.3. The standard InChI is InChI=1S/C22H24ClFN6O4/c1-2-18(31)27-19-13-30(22(33)34-19)15-3-4-16(17(24)9-15)14-11-25-21(26-12-14)29-7-5-28(6-8-29)20(32)10-23/h3-4,9,11-12,19H,2,5-8,10,13H2,1H3,(H,27,31). The summed E-state index contributed by atoms with van der Waals surface area (Å²) in [6, 6.07) is 4.39. The fourth-order valence-corrected chi connectivity index (χ4v) is 3.97. The number of amides is 3. The lowest BCUT2D eigenvalue weighted by Crippen LogP contribution is -2.49. The van der Waals surface area contributed by atoms with Crippen LogP contribution in [-0.4, -0.2) is 77.6 Å². The van der Waals surface area contributed by atoms with Gasteiger partial charge in [-0.25, -0.2) is 19.2 Å². The van der Waals surface area contributed by atoms with Crippen molar-refractivity contribution < 1.29 is 23.5 Å². The molecule has 1 aromatic heterocycles. The molecule has 0 spiro atoms. The Labute approximate surface area is 200 Å². The molecule has 1 unspecified atom stereocenters. The van der Waals surface area contributed by atoms with Gasteiger partial charge in [0.15, 0.2) is 6.23 Å². The molecule has 2 aromatic rings. The Morgan fingerprint density at radius 1 is 1.21 bits per heavy atom. The number of aromatic nitrogens is 2. The predicted molar refractivity (Wildman–Crippen MR) is 123 cm³/mol. The summed E-state index contributed by atoms with van der Waals surface area (Å²) in [5.74, 6) is -0.422. The van der Waals surface area contributed by atoms with Crippen molar-refractivity contribution in [3.8, 4) is 11.1 Å². The van der Waals surface area contributed by atoms with E-state index in [-0.39, 0.29) is 36.2 Å². The van der Waals surface area contributed by atoms with Crippen LogP contribution in [0.4, 0.5) is 20.8 Å². The third-order valence-corrected chi connectivity index (χ3v) is 5.93. The first-order valence-corrected chi connectivity index (χ1v) is 11.4. The van der Waals surface area contributed by atoms with E-state index in [9.17, 15) is 18.8 Å². The maximum absolute atomic E-state index is 14.9. The largest absolute Gasteiger partial charge is 0.423 e. The average molecular weight is 491 g/mol. The van der Waals surface area contributed by atoms with Crippen LogP contribution in [0.15, 0.2) is 30.6 Å². The second-order valence-electron chi connectivity index (χ2n) is 7.84. The van der Waals surface area contributed by atoms with Crippen molar-refractivity contribution >= 4 is 41.1 Å². The van der Waals surface area contributed by atoms with Crippen LogP contribution < -0.4 is 15.1 Å². The number of piperazine rings is 1. The topological polar surface area (TPSA) is 108 Å². The van der Waals surface area contributed by atoms with E-state index in [1.165, 1.54) is 23.4 Å². The lowest BCUT2D eigenvalue weighted by atomic mass is 10.1. The van der Waals surface area contributed by atoms with Crippen LogP contribution in [0.3, 0.4) is 0 Å². The fourth-order valence-electron chi connectivity index (χ4n) is 3.80. The predicted octanol–water partition coefficient (Wildman–Crippen LogP) is 1.98. The molecule has 0 bridgehead atoms. The van der Waals surface area contributed by atoms with Crippen LogP contribution in [-0.2, 0) is 14.3 Å². The van der Waals surface area contributed by atoms with Gasteiger partial charge in [0.1, 0.15) is 11.7 Å². The summed E-state index contributed by atoms with van der Waals surface area (Å²) in [7, 11) is 0. The van der Waals surface area contributed by atoms with Crippen molar-refractivity contribution in [3.63, 3.8) is 0 Å². The molecule has 10 nitrogen and oxygen atoms in total. The van der Waals surface area contributed by atoms with Crippen molar-refractivity contribution in [2.75, 3.05) is 48.4 Å². The van der Waals surface area contributed by atoms with Gasteiger partial charge in [0.25, 0.3) is 0 Å². The van der Waals surface area contributed by atoms with Crippen LogP contribution >= 0.6 is 11.6 Å². The molecule has 180 valence electrons. The monoisotopic (exact) mass is 490 g/mol. The minimum atomic E-state index is -0.779. The number of hydrogen-bond acceptors (Lipinski definition) is 7. The Kier molecular flexibility index (Phi) is 7.11. The molecular formula is C22H24ClFN6O4. The number of carbonyl (C=O) groups excluding carboxylic acids is 3. The van der Waals surface area contributed by atoms with Crippen molar-refractivity contribution in [2.24, 2.45) is 0 Å². The molecule has 34 heavy (non-hydrogen) atoms. The number of nitrogens with one attached hydrogen (secondary N) is 1. The highest BCUT2D eigenvalue weighted by Crippen LogP contribution is 2.29. The SMILES string of the molecule is CCC(=O)NC1CN(c2ccc(-c3cnc(N4CCN(C(=O)CCl)CC4)nc3)c(F)c2)C(=O)O1. The van der Waals surface area contributed by atoms with Gasteiger partial charge in [-0.05, 0) is 18.2 Å². The van der Waals surface area contributed by atoms with Crippen LogP contribution in [0.5, 0.6) is 0 Å². The Morgan fingerprint density at radius 2 is 1.91 bits per heavy atom. The van der Waals surface area contributed by atoms with Crippen LogP contribution in [0, 0.1) is 5.82 Å². The van der Waals surface area contributed by atoms with Gasteiger partial charge in [0, 0.05) is 56.1 Å². The van der Waals surface area contributed by atoms with E-state index in [2.05, 4.69) is 15.3 Å². The first kappa shape index (κ1) is 23.7. The summed E-state index contributed by atoms with van der Waals surface area (Å²) in [6.07, 6.45) is 1.91. The minimum Gasteiger partial charge on any atom is -0.423 e. The summed E-state index contributed by atoms with van der Waals surface area (Å²) in [4.78, 5) is 49.0.